The number of hydrogen-bond donors (Lipinski definition) is 1. The second-order valence-corrected chi connectivity index (χ2v) is 4.82. The van der Waals surface area contributed by atoms with Gasteiger partial charge in [0.2, 0.25) is 0 Å². The summed E-state index contributed by atoms with van der Waals surface area (Å²) < 4.78 is 0. The molecular weight excluding hydrogens is 252 g/mol. The van der Waals surface area contributed by atoms with Crippen LogP contribution in [0.25, 0.3) is 0 Å². The first-order valence-electron chi connectivity index (χ1n) is 6.83. The molecule has 2 aromatic rings. The Kier molecular flexibility index (Phi) is 3.78. The quantitative estimate of drug-likeness (QED) is 0.911. The van der Waals surface area contributed by atoms with Crippen LogP contribution in [0.4, 0.5) is 11.5 Å². The number of pyridine rings is 2. The van der Waals surface area contributed by atoms with Crippen LogP contribution in [-0.2, 0) is 6.61 Å². The molecule has 1 aliphatic heterocycles. The van der Waals surface area contributed by atoms with Gasteiger partial charge in [0, 0.05) is 44.1 Å². The van der Waals surface area contributed by atoms with Crippen LogP contribution < -0.4 is 9.80 Å². The van der Waals surface area contributed by atoms with Crippen LogP contribution in [0, 0.1) is 0 Å². The SMILES string of the molecule is OCc1ccncc1N1CCN(c2ccccn2)CC1. The first-order chi connectivity index (χ1) is 9.88. The van der Waals surface area contributed by atoms with E-state index in [9.17, 15) is 5.11 Å². The molecule has 0 aliphatic carbocycles. The van der Waals surface area contributed by atoms with Gasteiger partial charge in [0.05, 0.1) is 18.5 Å². The van der Waals surface area contributed by atoms with Gasteiger partial charge in [0.15, 0.2) is 0 Å². The van der Waals surface area contributed by atoms with Gasteiger partial charge in [-0.1, -0.05) is 6.07 Å². The van der Waals surface area contributed by atoms with E-state index in [1.165, 1.54) is 0 Å². The lowest BCUT2D eigenvalue weighted by Crippen LogP contribution is -2.47. The fourth-order valence-electron chi connectivity index (χ4n) is 2.55. The Bertz CT molecular complexity index is 553. The summed E-state index contributed by atoms with van der Waals surface area (Å²) in [6.45, 7) is 3.73. The first kappa shape index (κ1) is 12.9. The molecule has 1 saturated heterocycles. The summed E-state index contributed by atoms with van der Waals surface area (Å²) in [6.07, 6.45) is 5.38. The molecule has 0 unspecified atom stereocenters. The predicted octanol–water partition coefficient (Wildman–Crippen LogP) is 1.30. The zero-order valence-corrected chi connectivity index (χ0v) is 11.3. The van der Waals surface area contributed by atoms with E-state index in [0.717, 1.165) is 43.2 Å². The van der Waals surface area contributed by atoms with Crippen molar-refractivity contribution < 1.29 is 5.11 Å². The Labute approximate surface area is 118 Å². The number of aliphatic hydroxyl groups excluding tert-OH is 1. The maximum absolute atomic E-state index is 9.40. The van der Waals surface area contributed by atoms with Gasteiger partial charge in [-0.05, 0) is 18.2 Å². The molecule has 20 heavy (non-hydrogen) atoms. The normalized spacial score (nSPS) is 15.4. The van der Waals surface area contributed by atoms with Crippen molar-refractivity contribution in [3.8, 4) is 0 Å². The van der Waals surface area contributed by atoms with Gasteiger partial charge in [-0.25, -0.2) is 4.98 Å². The topological polar surface area (TPSA) is 52.5 Å². The molecule has 0 spiro atoms. The Morgan fingerprint density at radius 3 is 2.50 bits per heavy atom. The fraction of sp³-hybridized carbons (Fsp3) is 0.333. The summed E-state index contributed by atoms with van der Waals surface area (Å²) in [6, 6.07) is 7.86. The van der Waals surface area contributed by atoms with Crippen molar-refractivity contribution in [1.82, 2.24) is 9.97 Å². The van der Waals surface area contributed by atoms with Crippen molar-refractivity contribution in [3.63, 3.8) is 0 Å². The molecule has 0 atom stereocenters. The van der Waals surface area contributed by atoms with E-state index >= 15 is 0 Å². The highest BCUT2D eigenvalue weighted by atomic mass is 16.3. The summed E-state index contributed by atoms with van der Waals surface area (Å²) in [5.74, 6) is 1.03. The second kappa shape index (κ2) is 5.88. The molecule has 3 heterocycles. The minimum atomic E-state index is 0.0539. The summed E-state index contributed by atoms with van der Waals surface area (Å²) in [5.41, 5.74) is 1.97. The van der Waals surface area contributed by atoms with E-state index in [1.807, 2.05) is 36.7 Å². The number of hydrogen-bond acceptors (Lipinski definition) is 5. The molecule has 0 radical (unpaired) electrons. The molecular formula is C15H18N4O. The van der Waals surface area contributed by atoms with Crippen molar-refractivity contribution in [2.75, 3.05) is 36.0 Å². The number of anilines is 2. The third kappa shape index (κ3) is 2.58. The Morgan fingerprint density at radius 2 is 1.80 bits per heavy atom. The van der Waals surface area contributed by atoms with Gasteiger partial charge in [-0.15, -0.1) is 0 Å². The third-order valence-electron chi connectivity index (χ3n) is 3.65. The van der Waals surface area contributed by atoms with E-state index in [0.29, 0.717) is 0 Å². The Morgan fingerprint density at radius 1 is 1.00 bits per heavy atom. The number of aliphatic hydroxyl groups is 1. The predicted molar refractivity (Wildman–Crippen MR) is 78.8 cm³/mol. The van der Waals surface area contributed by atoms with Gasteiger partial charge in [0.1, 0.15) is 5.82 Å². The van der Waals surface area contributed by atoms with Crippen molar-refractivity contribution >= 4 is 11.5 Å². The van der Waals surface area contributed by atoms with Gasteiger partial charge in [-0.3, -0.25) is 4.98 Å². The summed E-state index contributed by atoms with van der Waals surface area (Å²) in [5, 5.41) is 9.40. The summed E-state index contributed by atoms with van der Waals surface area (Å²) in [4.78, 5) is 13.1. The highest BCUT2D eigenvalue weighted by molar-refractivity contribution is 5.53. The van der Waals surface area contributed by atoms with Crippen molar-refractivity contribution in [1.29, 1.82) is 0 Å². The van der Waals surface area contributed by atoms with Crippen LogP contribution in [-0.4, -0.2) is 41.3 Å². The minimum absolute atomic E-state index is 0.0539. The Balaban J connectivity index is 1.70. The second-order valence-electron chi connectivity index (χ2n) is 4.82. The number of piperazine rings is 1. The van der Waals surface area contributed by atoms with Crippen molar-refractivity contribution in [3.05, 3.63) is 48.4 Å². The van der Waals surface area contributed by atoms with Crippen LogP contribution in [0.15, 0.2) is 42.9 Å². The summed E-state index contributed by atoms with van der Waals surface area (Å²) in [7, 11) is 0. The highest BCUT2D eigenvalue weighted by Gasteiger charge is 2.19. The molecule has 2 aromatic heterocycles. The third-order valence-corrected chi connectivity index (χ3v) is 3.65. The molecule has 0 saturated carbocycles. The molecule has 1 aliphatic rings. The molecule has 0 aromatic carbocycles. The molecule has 0 bridgehead atoms. The van der Waals surface area contributed by atoms with Crippen molar-refractivity contribution in [2.24, 2.45) is 0 Å². The molecule has 1 N–H and O–H groups in total. The van der Waals surface area contributed by atoms with E-state index in [1.54, 1.807) is 6.20 Å². The molecule has 5 heteroatoms. The van der Waals surface area contributed by atoms with Gasteiger partial charge in [0.25, 0.3) is 0 Å². The Hall–Kier alpha value is -2.14. The maximum atomic E-state index is 9.40. The molecule has 5 nitrogen and oxygen atoms in total. The lowest BCUT2D eigenvalue weighted by Gasteiger charge is -2.37. The molecule has 0 amide bonds. The molecule has 3 rings (SSSR count). The smallest absolute Gasteiger partial charge is 0.128 e. The average molecular weight is 270 g/mol. The fourth-order valence-corrected chi connectivity index (χ4v) is 2.55. The van der Waals surface area contributed by atoms with E-state index in [4.69, 9.17) is 0 Å². The minimum Gasteiger partial charge on any atom is -0.392 e. The van der Waals surface area contributed by atoms with Crippen LogP contribution in [0.3, 0.4) is 0 Å². The molecule has 1 fully saturated rings. The monoisotopic (exact) mass is 270 g/mol. The summed E-state index contributed by atoms with van der Waals surface area (Å²) >= 11 is 0. The average Bonchev–Trinajstić information content (AvgIpc) is 2.56. The van der Waals surface area contributed by atoms with Gasteiger partial charge < -0.3 is 14.9 Å². The zero-order valence-electron chi connectivity index (χ0n) is 11.3. The van der Waals surface area contributed by atoms with Crippen LogP contribution in [0.5, 0.6) is 0 Å². The van der Waals surface area contributed by atoms with E-state index in [2.05, 4.69) is 19.8 Å². The number of rotatable bonds is 3. The lowest BCUT2D eigenvalue weighted by molar-refractivity contribution is 0.282. The standard InChI is InChI=1S/C15H18N4O/c20-12-13-4-6-16-11-14(13)18-7-9-19(10-8-18)15-3-1-2-5-17-15/h1-6,11,20H,7-10,12H2. The van der Waals surface area contributed by atoms with Crippen LogP contribution >= 0.6 is 0 Å². The number of nitrogens with zero attached hydrogens (tertiary/aromatic N) is 4. The lowest BCUT2D eigenvalue weighted by atomic mass is 10.2. The van der Waals surface area contributed by atoms with Crippen LogP contribution in [0.1, 0.15) is 5.56 Å². The van der Waals surface area contributed by atoms with Crippen LogP contribution in [0.2, 0.25) is 0 Å². The molecule has 104 valence electrons. The maximum Gasteiger partial charge on any atom is 0.128 e. The van der Waals surface area contributed by atoms with Crippen molar-refractivity contribution in [2.45, 2.75) is 6.61 Å². The number of aromatic nitrogens is 2. The van der Waals surface area contributed by atoms with Gasteiger partial charge in [-0.2, -0.15) is 0 Å². The largest absolute Gasteiger partial charge is 0.392 e. The van der Waals surface area contributed by atoms with E-state index in [-0.39, 0.29) is 6.61 Å². The zero-order chi connectivity index (χ0) is 13.8. The highest BCUT2D eigenvalue weighted by Crippen LogP contribution is 2.22. The first-order valence-corrected chi connectivity index (χ1v) is 6.83. The van der Waals surface area contributed by atoms with Gasteiger partial charge >= 0.3 is 0 Å². The van der Waals surface area contributed by atoms with E-state index < -0.39 is 0 Å².